The second-order valence-electron chi connectivity index (χ2n) is 3.92. The minimum absolute atomic E-state index is 0.0729. The number of aliphatic hydroxyl groups is 1. The highest BCUT2D eigenvalue weighted by Gasteiger charge is 2.17. The molecule has 7 heteroatoms. The van der Waals surface area contributed by atoms with Gasteiger partial charge < -0.3 is 15.5 Å². The van der Waals surface area contributed by atoms with E-state index in [0.717, 1.165) is 12.1 Å². The number of amides is 1. The third kappa shape index (κ3) is 4.99. The fourth-order valence-corrected chi connectivity index (χ4v) is 1.58. The molecule has 1 aromatic carbocycles. The SMILES string of the molecule is O=C(/C=C/c1ccc(F)c(Cl)c1)N[C@@H](CCO)C(=O)O. The highest BCUT2D eigenvalue weighted by Crippen LogP contribution is 2.16. The Hall–Kier alpha value is -1.92. The molecule has 0 aliphatic heterocycles. The molecule has 1 aromatic rings. The summed E-state index contributed by atoms with van der Waals surface area (Å²) in [4.78, 5) is 22.3. The van der Waals surface area contributed by atoms with Crippen molar-refractivity contribution in [3.63, 3.8) is 0 Å². The normalized spacial score (nSPS) is 12.3. The molecule has 0 aliphatic carbocycles. The number of carboxylic acid groups (broad SMARTS) is 1. The van der Waals surface area contributed by atoms with E-state index in [0.29, 0.717) is 5.56 Å². The molecular formula is C13H13ClFNO4. The predicted octanol–water partition coefficient (Wildman–Crippen LogP) is 1.44. The monoisotopic (exact) mass is 301 g/mol. The minimum Gasteiger partial charge on any atom is -0.480 e. The van der Waals surface area contributed by atoms with Crippen molar-refractivity contribution in [2.24, 2.45) is 0 Å². The molecule has 0 spiro atoms. The Bertz CT molecular complexity index is 533. The molecule has 20 heavy (non-hydrogen) atoms. The van der Waals surface area contributed by atoms with Gasteiger partial charge in [0.05, 0.1) is 5.02 Å². The molecule has 0 aromatic heterocycles. The van der Waals surface area contributed by atoms with Gasteiger partial charge in [0, 0.05) is 19.1 Å². The fourth-order valence-electron chi connectivity index (χ4n) is 1.39. The smallest absolute Gasteiger partial charge is 0.326 e. The van der Waals surface area contributed by atoms with Crippen molar-refractivity contribution < 1.29 is 24.2 Å². The molecule has 0 saturated carbocycles. The first-order valence-electron chi connectivity index (χ1n) is 5.71. The maximum absolute atomic E-state index is 12.9. The van der Waals surface area contributed by atoms with Gasteiger partial charge >= 0.3 is 5.97 Å². The summed E-state index contributed by atoms with van der Waals surface area (Å²) in [5.74, 6) is -2.43. The molecule has 0 bridgehead atoms. The van der Waals surface area contributed by atoms with Crippen LogP contribution in [0.5, 0.6) is 0 Å². The van der Waals surface area contributed by atoms with Crippen LogP contribution in [-0.2, 0) is 9.59 Å². The number of hydrogen-bond donors (Lipinski definition) is 3. The third-order valence-electron chi connectivity index (χ3n) is 2.40. The number of aliphatic carboxylic acids is 1. The highest BCUT2D eigenvalue weighted by molar-refractivity contribution is 6.30. The Morgan fingerprint density at radius 2 is 2.15 bits per heavy atom. The molecule has 0 aliphatic rings. The van der Waals surface area contributed by atoms with Crippen molar-refractivity contribution >= 4 is 29.6 Å². The molecule has 3 N–H and O–H groups in total. The second-order valence-corrected chi connectivity index (χ2v) is 4.33. The predicted molar refractivity (Wildman–Crippen MR) is 71.7 cm³/mol. The first-order valence-corrected chi connectivity index (χ1v) is 6.09. The molecule has 1 atom stereocenters. The van der Waals surface area contributed by atoms with E-state index < -0.39 is 23.7 Å². The molecular weight excluding hydrogens is 289 g/mol. The number of benzene rings is 1. The van der Waals surface area contributed by atoms with Crippen molar-refractivity contribution in [3.8, 4) is 0 Å². The number of carbonyl (C=O) groups excluding carboxylic acids is 1. The van der Waals surface area contributed by atoms with E-state index in [4.69, 9.17) is 21.8 Å². The van der Waals surface area contributed by atoms with Gasteiger partial charge in [-0.1, -0.05) is 17.7 Å². The van der Waals surface area contributed by atoms with Gasteiger partial charge in [0.1, 0.15) is 11.9 Å². The number of carbonyl (C=O) groups is 2. The van der Waals surface area contributed by atoms with E-state index in [1.54, 1.807) is 0 Å². The summed E-state index contributed by atoms with van der Waals surface area (Å²) in [6, 6.07) is 2.76. The number of hydrogen-bond acceptors (Lipinski definition) is 3. The van der Waals surface area contributed by atoms with Crippen LogP contribution in [0.4, 0.5) is 4.39 Å². The molecule has 1 amide bonds. The Labute approximate surface area is 119 Å². The first kappa shape index (κ1) is 16.1. The lowest BCUT2D eigenvalue weighted by Crippen LogP contribution is -2.40. The molecule has 0 unspecified atom stereocenters. The molecule has 1 rings (SSSR count). The number of rotatable bonds is 6. The zero-order chi connectivity index (χ0) is 15.1. The van der Waals surface area contributed by atoms with Gasteiger partial charge in [0.15, 0.2) is 0 Å². The molecule has 0 fully saturated rings. The zero-order valence-electron chi connectivity index (χ0n) is 10.3. The van der Waals surface area contributed by atoms with Crippen LogP contribution in [0.25, 0.3) is 6.08 Å². The maximum atomic E-state index is 12.9. The summed E-state index contributed by atoms with van der Waals surface area (Å²) in [7, 11) is 0. The Morgan fingerprint density at radius 3 is 2.70 bits per heavy atom. The Balaban J connectivity index is 2.67. The quantitative estimate of drug-likeness (QED) is 0.694. The third-order valence-corrected chi connectivity index (χ3v) is 2.69. The summed E-state index contributed by atoms with van der Waals surface area (Å²) < 4.78 is 12.9. The summed E-state index contributed by atoms with van der Waals surface area (Å²) in [6.07, 6.45) is 2.40. The van der Waals surface area contributed by atoms with E-state index in [2.05, 4.69) is 5.32 Å². The number of aliphatic hydroxyl groups excluding tert-OH is 1. The van der Waals surface area contributed by atoms with Crippen LogP contribution in [0.15, 0.2) is 24.3 Å². The van der Waals surface area contributed by atoms with Gasteiger partial charge in [-0.3, -0.25) is 4.79 Å². The minimum atomic E-state index is -1.23. The van der Waals surface area contributed by atoms with Gasteiger partial charge in [-0.25, -0.2) is 9.18 Å². The van der Waals surface area contributed by atoms with E-state index in [1.165, 1.54) is 18.2 Å². The Morgan fingerprint density at radius 1 is 1.45 bits per heavy atom. The summed E-state index contributed by atoms with van der Waals surface area (Å²) in [5, 5.41) is 19.6. The second kappa shape index (κ2) is 7.62. The van der Waals surface area contributed by atoms with Gasteiger partial charge in [0.25, 0.3) is 0 Å². The topological polar surface area (TPSA) is 86.6 Å². The average molecular weight is 302 g/mol. The van der Waals surface area contributed by atoms with Crippen LogP contribution in [-0.4, -0.2) is 34.7 Å². The average Bonchev–Trinajstić information content (AvgIpc) is 2.39. The molecule has 5 nitrogen and oxygen atoms in total. The zero-order valence-corrected chi connectivity index (χ0v) is 11.1. The standard InChI is InChI=1S/C13H13ClFNO4/c14-9-7-8(1-3-10(9)15)2-4-12(18)16-11(5-6-17)13(19)20/h1-4,7,11,17H,5-6H2,(H,16,18)(H,19,20)/b4-2+/t11-/m0/s1. The number of nitrogens with one attached hydrogen (secondary N) is 1. The molecule has 0 heterocycles. The number of carboxylic acids is 1. The Kier molecular flexibility index (Phi) is 6.14. The van der Waals surface area contributed by atoms with Crippen LogP contribution in [0.3, 0.4) is 0 Å². The summed E-state index contributed by atoms with van der Waals surface area (Å²) >= 11 is 5.58. The largest absolute Gasteiger partial charge is 0.480 e. The summed E-state index contributed by atoms with van der Waals surface area (Å²) in [6.45, 7) is -0.353. The van der Waals surface area contributed by atoms with Gasteiger partial charge in [-0.2, -0.15) is 0 Å². The van der Waals surface area contributed by atoms with Crippen LogP contribution in [0.1, 0.15) is 12.0 Å². The molecule has 108 valence electrons. The van der Waals surface area contributed by atoms with Crippen LogP contribution in [0, 0.1) is 5.82 Å². The lowest BCUT2D eigenvalue weighted by atomic mass is 10.2. The van der Waals surface area contributed by atoms with E-state index >= 15 is 0 Å². The first-order chi connectivity index (χ1) is 9.43. The van der Waals surface area contributed by atoms with Crippen molar-refractivity contribution in [1.29, 1.82) is 0 Å². The van der Waals surface area contributed by atoms with Gasteiger partial charge in [-0.05, 0) is 23.8 Å². The van der Waals surface area contributed by atoms with Crippen molar-refractivity contribution in [3.05, 3.63) is 40.7 Å². The van der Waals surface area contributed by atoms with Crippen LogP contribution in [0.2, 0.25) is 5.02 Å². The van der Waals surface area contributed by atoms with E-state index in [1.807, 2.05) is 0 Å². The van der Waals surface area contributed by atoms with Gasteiger partial charge in [0.2, 0.25) is 5.91 Å². The van der Waals surface area contributed by atoms with E-state index in [9.17, 15) is 14.0 Å². The van der Waals surface area contributed by atoms with Crippen molar-refractivity contribution in [2.75, 3.05) is 6.61 Å². The maximum Gasteiger partial charge on any atom is 0.326 e. The van der Waals surface area contributed by atoms with Gasteiger partial charge in [-0.15, -0.1) is 0 Å². The highest BCUT2D eigenvalue weighted by atomic mass is 35.5. The molecule has 0 saturated heterocycles. The van der Waals surface area contributed by atoms with Crippen molar-refractivity contribution in [2.45, 2.75) is 12.5 Å². The van der Waals surface area contributed by atoms with E-state index in [-0.39, 0.29) is 18.1 Å². The van der Waals surface area contributed by atoms with Crippen LogP contribution < -0.4 is 5.32 Å². The number of halogens is 2. The lowest BCUT2D eigenvalue weighted by Gasteiger charge is -2.11. The van der Waals surface area contributed by atoms with Crippen molar-refractivity contribution in [1.82, 2.24) is 5.32 Å². The fraction of sp³-hybridized carbons (Fsp3) is 0.231. The summed E-state index contributed by atoms with van der Waals surface area (Å²) in [5.41, 5.74) is 0.501. The molecule has 0 radical (unpaired) electrons. The van der Waals surface area contributed by atoms with Crippen LogP contribution >= 0.6 is 11.6 Å². The lowest BCUT2D eigenvalue weighted by molar-refractivity contribution is -0.141.